The van der Waals surface area contributed by atoms with Crippen LogP contribution in [0.5, 0.6) is 28.7 Å². The van der Waals surface area contributed by atoms with Gasteiger partial charge < -0.3 is 49.2 Å². The quantitative estimate of drug-likeness (QED) is 0.165. The van der Waals surface area contributed by atoms with E-state index in [-0.39, 0.29) is 29.3 Å². The molecule has 1 heterocycles. The van der Waals surface area contributed by atoms with E-state index in [1.165, 1.54) is 34.9 Å². The van der Waals surface area contributed by atoms with Gasteiger partial charge in [0.2, 0.25) is 5.75 Å². The number of nitrogens with zero attached hydrogens (tertiary/aromatic N) is 2. The molecule has 2 aromatic rings. The van der Waals surface area contributed by atoms with Crippen molar-refractivity contribution in [2.24, 2.45) is 0 Å². The molecule has 13 nitrogen and oxygen atoms in total. The lowest BCUT2D eigenvalue weighted by atomic mass is 9.98. The lowest BCUT2D eigenvalue weighted by molar-refractivity contribution is 0.0737. The van der Waals surface area contributed by atoms with Crippen LogP contribution in [0, 0.1) is 5.41 Å². The summed E-state index contributed by atoms with van der Waals surface area (Å²) in [6, 6.07) is 7.95. The fourth-order valence-electron chi connectivity index (χ4n) is 5.59. The second-order valence-electron chi connectivity index (χ2n) is 11.0. The fourth-order valence-corrected chi connectivity index (χ4v) is 5.59. The van der Waals surface area contributed by atoms with Crippen LogP contribution in [0.15, 0.2) is 30.3 Å². The number of amides is 2. The number of piperazine rings is 1. The van der Waals surface area contributed by atoms with Crippen LogP contribution in [-0.4, -0.2) is 107 Å². The minimum absolute atomic E-state index is 0.0164. The number of ether oxygens (including phenoxy) is 6. The lowest BCUT2D eigenvalue weighted by Gasteiger charge is -2.34. The lowest BCUT2D eigenvalue weighted by Crippen LogP contribution is -2.51. The Bertz CT molecular complexity index is 1370. The van der Waals surface area contributed by atoms with Crippen molar-refractivity contribution in [2.45, 2.75) is 38.2 Å². The minimum atomic E-state index is -0.543. The van der Waals surface area contributed by atoms with Crippen LogP contribution < -0.4 is 29.0 Å². The number of aliphatic hydroxyl groups excluding tert-OH is 1. The Labute approximate surface area is 269 Å². The van der Waals surface area contributed by atoms with Crippen molar-refractivity contribution in [2.75, 3.05) is 67.7 Å². The van der Waals surface area contributed by atoms with Gasteiger partial charge in [-0.3, -0.25) is 4.90 Å². The van der Waals surface area contributed by atoms with Crippen LogP contribution in [-0.2, 0) is 4.74 Å². The zero-order valence-electron chi connectivity index (χ0n) is 26.9. The number of benzene rings is 2. The first-order valence-corrected chi connectivity index (χ1v) is 15.4. The maximum atomic E-state index is 13.2. The molecule has 0 atom stereocenters. The maximum Gasteiger partial charge on any atom is 0.415 e. The number of hydrogen-bond acceptors (Lipinski definition) is 11. The van der Waals surface area contributed by atoms with E-state index in [1.807, 2.05) is 0 Å². The Morgan fingerprint density at radius 2 is 1.50 bits per heavy atom. The van der Waals surface area contributed by atoms with Crippen molar-refractivity contribution >= 4 is 29.7 Å². The normalized spacial score (nSPS) is 16.1. The molecule has 46 heavy (non-hydrogen) atoms. The summed E-state index contributed by atoms with van der Waals surface area (Å²) in [6.45, 7) is 3.24. The Morgan fingerprint density at radius 3 is 2.09 bits per heavy atom. The van der Waals surface area contributed by atoms with Gasteiger partial charge in [0.1, 0.15) is 11.9 Å². The molecule has 0 bridgehead atoms. The fraction of sp³-hybridized carbons (Fsp3) is 0.485. The Hall–Kier alpha value is -4.65. The minimum Gasteiger partial charge on any atom is -0.507 e. The molecule has 2 amide bonds. The molecule has 1 saturated heterocycles. The highest BCUT2D eigenvalue weighted by molar-refractivity contribution is 6.17. The molecule has 0 radical (unpaired) electrons. The van der Waals surface area contributed by atoms with Gasteiger partial charge in [0, 0.05) is 56.6 Å². The summed E-state index contributed by atoms with van der Waals surface area (Å²) < 4.78 is 32.9. The molecule has 3 N–H and O–H groups in total. The molecule has 0 aromatic heterocycles. The van der Waals surface area contributed by atoms with E-state index < -0.39 is 6.09 Å². The van der Waals surface area contributed by atoms with Crippen LogP contribution in [0.2, 0.25) is 0 Å². The van der Waals surface area contributed by atoms with Gasteiger partial charge in [-0.1, -0.05) is 12.5 Å². The standard InChI is InChI=1S/C33H44N4O9/c1-41-26-11-10-22(25(21-34)30(38)23-19-28(42-2)31(44-4)29(20-23)43-3)18-27(26)46-33(40)37-16-14-36(15-17-37)13-12-35-32(39)45-24-8-6-5-7-9-24/h10-11,18-21,24,34,38H,5-9,12-17H2,1-4H3,(H,35,39)/b30-25+,34-21?. The molecular formula is C33H44N4O9. The molecule has 1 aliphatic carbocycles. The average Bonchev–Trinajstić information content (AvgIpc) is 3.08. The van der Waals surface area contributed by atoms with Crippen molar-refractivity contribution < 1.29 is 43.1 Å². The number of carbonyl (C=O) groups is 2. The Morgan fingerprint density at radius 1 is 0.870 bits per heavy atom. The number of alkyl carbamates (subject to hydrolysis) is 1. The molecule has 2 fully saturated rings. The molecule has 250 valence electrons. The molecule has 0 unspecified atom stereocenters. The number of hydrogen-bond donors (Lipinski definition) is 3. The van der Waals surface area contributed by atoms with Crippen LogP contribution in [0.1, 0.15) is 43.2 Å². The second kappa shape index (κ2) is 16.6. The molecular weight excluding hydrogens is 596 g/mol. The van der Waals surface area contributed by atoms with Gasteiger partial charge in [0.25, 0.3) is 0 Å². The van der Waals surface area contributed by atoms with Gasteiger partial charge >= 0.3 is 12.2 Å². The second-order valence-corrected chi connectivity index (χ2v) is 11.0. The first kappa shape index (κ1) is 34.2. The predicted molar refractivity (Wildman–Crippen MR) is 173 cm³/mol. The first-order valence-electron chi connectivity index (χ1n) is 15.4. The summed E-state index contributed by atoms with van der Waals surface area (Å²) in [4.78, 5) is 29.0. The van der Waals surface area contributed by atoms with Gasteiger partial charge in [0.05, 0.1) is 28.4 Å². The molecule has 0 spiro atoms. The van der Waals surface area contributed by atoms with E-state index in [4.69, 9.17) is 33.8 Å². The number of rotatable bonds is 12. The third-order valence-electron chi connectivity index (χ3n) is 8.16. The molecule has 2 aromatic carbocycles. The number of aliphatic hydroxyl groups is 1. The van der Waals surface area contributed by atoms with Crippen molar-refractivity contribution in [1.82, 2.24) is 15.1 Å². The monoisotopic (exact) mass is 640 g/mol. The van der Waals surface area contributed by atoms with Crippen molar-refractivity contribution in [1.29, 1.82) is 5.41 Å². The molecule has 1 aliphatic heterocycles. The largest absolute Gasteiger partial charge is 0.507 e. The number of carbonyl (C=O) groups excluding carboxylic acids is 2. The van der Waals surface area contributed by atoms with Gasteiger partial charge in [-0.25, -0.2) is 9.59 Å². The molecule has 1 saturated carbocycles. The number of nitrogens with one attached hydrogen (secondary N) is 2. The van der Waals surface area contributed by atoms with Crippen LogP contribution in [0.25, 0.3) is 11.3 Å². The number of methoxy groups -OCH3 is 4. The Kier molecular flexibility index (Phi) is 12.4. The summed E-state index contributed by atoms with van der Waals surface area (Å²) in [5, 5.41) is 22.1. The average molecular weight is 641 g/mol. The van der Waals surface area contributed by atoms with E-state index >= 15 is 0 Å². The zero-order chi connectivity index (χ0) is 33.1. The first-order chi connectivity index (χ1) is 22.3. The van der Waals surface area contributed by atoms with Gasteiger partial charge in [-0.15, -0.1) is 0 Å². The topological polar surface area (TPSA) is 152 Å². The van der Waals surface area contributed by atoms with Crippen molar-refractivity contribution in [3.63, 3.8) is 0 Å². The van der Waals surface area contributed by atoms with Gasteiger partial charge in [0.15, 0.2) is 23.0 Å². The van der Waals surface area contributed by atoms with E-state index in [1.54, 1.807) is 35.2 Å². The predicted octanol–water partition coefficient (Wildman–Crippen LogP) is 4.97. The summed E-state index contributed by atoms with van der Waals surface area (Å²) in [5.74, 6) is 1.29. The SMILES string of the molecule is COc1ccc(/C(C=N)=C(/O)c2cc(OC)c(OC)c(OC)c2)cc1OC(=O)N1CCN(CCNC(=O)OC2CCCCC2)CC1. The summed E-state index contributed by atoms with van der Waals surface area (Å²) in [7, 11) is 5.88. The smallest absolute Gasteiger partial charge is 0.415 e. The summed E-state index contributed by atoms with van der Waals surface area (Å²) >= 11 is 0. The van der Waals surface area contributed by atoms with Gasteiger partial charge in [-0.05, 0) is 55.5 Å². The molecule has 13 heteroatoms. The van der Waals surface area contributed by atoms with Gasteiger partial charge in [-0.2, -0.15) is 0 Å². The van der Waals surface area contributed by atoms with E-state index in [0.29, 0.717) is 73.4 Å². The van der Waals surface area contributed by atoms with Crippen LogP contribution >= 0.6 is 0 Å². The van der Waals surface area contributed by atoms with E-state index in [9.17, 15) is 14.7 Å². The highest BCUT2D eigenvalue weighted by atomic mass is 16.6. The van der Waals surface area contributed by atoms with Crippen LogP contribution in [0.4, 0.5) is 9.59 Å². The van der Waals surface area contributed by atoms with E-state index in [2.05, 4.69) is 10.2 Å². The van der Waals surface area contributed by atoms with Crippen molar-refractivity contribution in [3.05, 3.63) is 41.5 Å². The molecule has 2 aliphatic rings. The van der Waals surface area contributed by atoms with Crippen LogP contribution in [0.3, 0.4) is 0 Å². The highest BCUT2D eigenvalue weighted by Gasteiger charge is 2.25. The highest BCUT2D eigenvalue weighted by Crippen LogP contribution is 2.41. The zero-order valence-corrected chi connectivity index (χ0v) is 26.9. The third-order valence-corrected chi connectivity index (χ3v) is 8.16. The summed E-state index contributed by atoms with van der Waals surface area (Å²) in [5.41, 5.74) is 0.916. The Balaban J connectivity index is 1.38. The number of allylic oxidation sites excluding steroid dienone is 1. The molecule has 4 rings (SSSR count). The van der Waals surface area contributed by atoms with Crippen molar-refractivity contribution in [3.8, 4) is 28.7 Å². The summed E-state index contributed by atoms with van der Waals surface area (Å²) in [6.07, 6.45) is 5.38. The van der Waals surface area contributed by atoms with E-state index in [0.717, 1.165) is 31.9 Å². The maximum absolute atomic E-state index is 13.2. The third kappa shape index (κ3) is 8.53.